The molecule has 1 aromatic rings. The van der Waals surface area contributed by atoms with Crippen molar-refractivity contribution in [2.24, 2.45) is 0 Å². The first kappa shape index (κ1) is 17.4. The highest BCUT2D eigenvalue weighted by Gasteiger charge is 2.17. The van der Waals surface area contributed by atoms with Gasteiger partial charge in [0.2, 0.25) is 20.0 Å². The first-order chi connectivity index (χ1) is 9.22. The van der Waals surface area contributed by atoms with Crippen molar-refractivity contribution in [1.29, 1.82) is 0 Å². The average Bonchev–Trinajstić information content (AvgIpc) is 2.38. The maximum Gasteiger partial charge on any atom is 0.240 e. The molecule has 2 N–H and O–H groups in total. The van der Waals surface area contributed by atoms with Crippen LogP contribution in [-0.4, -0.2) is 43.3 Å². The van der Waals surface area contributed by atoms with Crippen LogP contribution in [0, 0.1) is 0 Å². The topological polar surface area (TPSA) is 102 Å². The minimum absolute atomic E-state index is 0.0204. The van der Waals surface area contributed by atoms with Gasteiger partial charge in [-0.1, -0.05) is 0 Å². The van der Waals surface area contributed by atoms with Gasteiger partial charge in [-0.3, -0.25) is 0 Å². The van der Waals surface area contributed by atoms with E-state index >= 15 is 0 Å². The molecule has 1 aromatic carbocycles. The van der Waals surface area contributed by atoms with E-state index in [2.05, 4.69) is 25.4 Å². The van der Waals surface area contributed by atoms with Gasteiger partial charge >= 0.3 is 0 Å². The lowest BCUT2D eigenvalue weighted by atomic mass is 10.3. The largest absolute Gasteiger partial charge is 0.496 e. The Morgan fingerprint density at radius 1 is 1.25 bits per heavy atom. The van der Waals surface area contributed by atoms with Crippen LogP contribution in [0.15, 0.2) is 27.6 Å². The van der Waals surface area contributed by atoms with Crippen LogP contribution in [-0.2, 0) is 20.0 Å². The van der Waals surface area contributed by atoms with Gasteiger partial charge in [-0.25, -0.2) is 26.3 Å². The molecule has 0 saturated heterocycles. The third-order valence-electron chi connectivity index (χ3n) is 2.41. The maximum atomic E-state index is 12.0. The molecule has 0 aliphatic carbocycles. The summed E-state index contributed by atoms with van der Waals surface area (Å²) in [6.07, 6.45) is 0. The lowest BCUT2D eigenvalue weighted by Crippen LogP contribution is -2.33. The Kier molecular flexibility index (Phi) is 5.95. The fourth-order valence-corrected chi connectivity index (χ4v) is 3.76. The summed E-state index contributed by atoms with van der Waals surface area (Å²) in [7, 11) is -4.48. The zero-order chi connectivity index (χ0) is 15.4. The first-order valence-electron chi connectivity index (χ1n) is 5.46. The zero-order valence-corrected chi connectivity index (χ0v) is 14.1. The molecule has 0 radical (unpaired) electrons. The van der Waals surface area contributed by atoms with Crippen LogP contribution in [0.2, 0.25) is 0 Å². The molecular formula is C10H15BrN2O5S2. The average molecular weight is 387 g/mol. The molecule has 0 aromatic heterocycles. The lowest BCUT2D eigenvalue weighted by Gasteiger charge is -2.09. The Balaban J connectivity index is 2.82. The molecule has 7 nitrogen and oxygen atoms in total. The van der Waals surface area contributed by atoms with Crippen molar-refractivity contribution in [2.45, 2.75) is 4.90 Å². The van der Waals surface area contributed by atoms with Crippen LogP contribution in [0.3, 0.4) is 0 Å². The van der Waals surface area contributed by atoms with Crippen LogP contribution in [0.5, 0.6) is 5.75 Å². The molecule has 0 fully saturated rings. The van der Waals surface area contributed by atoms with Gasteiger partial charge in [0.1, 0.15) is 5.75 Å². The van der Waals surface area contributed by atoms with Crippen molar-refractivity contribution in [3.63, 3.8) is 0 Å². The fraction of sp³-hybridized carbons (Fsp3) is 0.400. The molecule has 1 rings (SSSR count). The normalized spacial score (nSPS) is 12.3. The Labute approximate surface area is 126 Å². The maximum absolute atomic E-state index is 12.0. The number of halogens is 1. The molecule has 0 aliphatic heterocycles. The number of sulfonamides is 2. The summed E-state index contributed by atoms with van der Waals surface area (Å²) in [6.45, 7) is -0.213. The molecule has 0 bridgehead atoms. The van der Waals surface area contributed by atoms with E-state index in [0.717, 1.165) is 0 Å². The van der Waals surface area contributed by atoms with Crippen LogP contribution >= 0.6 is 15.9 Å². The monoisotopic (exact) mass is 386 g/mol. The highest BCUT2D eigenvalue weighted by atomic mass is 79.9. The third-order valence-corrected chi connectivity index (χ3v) is 5.85. The highest BCUT2D eigenvalue weighted by molar-refractivity contribution is 9.10. The Bertz CT molecular complexity index is 673. The van der Waals surface area contributed by atoms with E-state index in [4.69, 9.17) is 4.74 Å². The Hall–Kier alpha value is -0.680. The van der Waals surface area contributed by atoms with Gasteiger partial charge in [0.05, 0.1) is 22.2 Å². The van der Waals surface area contributed by atoms with Gasteiger partial charge in [-0.2, -0.15) is 0 Å². The van der Waals surface area contributed by atoms with Gasteiger partial charge in [-0.05, 0) is 41.2 Å². The number of nitrogens with one attached hydrogen (secondary N) is 2. The molecule has 10 heteroatoms. The molecule has 0 heterocycles. The SMILES string of the molecule is CNS(=O)(=O)CCNS(=O)(=O)c1ccc(OC)c(Br)c1. The molecule has 20 heavy (non-hydrogen) atoms. The van der Waals surface area contributed by atoms with Crippen molar-refractivity contribution < 1.29 is 21.6 Å². The van der Waals surface area contributed by atoms with E-state index in [-0.39, 0.29) is 17.2 Å². The zero-order valence-electron chi connectivity index (χ0n) is 10.9. The van der Waals surface area contributed by atoms with E-state index in [0.29, 0.717) is 10.2 Å². The predicted molar refractivity (Wildman–Crippen MR) is 78.7 cm³/mol. The molecule has 0 atom stereocenters. The van der Waals surface area contributed by atoms with Gasteiger partial charge < -0.3 is 4.74 Å². The van der Waals surface area contributed by atoms with Gasteiger partial charge in [0.25, 0.3) is 0 Å². The number of rotatable bonds is 7. The Morgan fingerprint density at radius 3 is 2.40 bits per heavy atom. The second-order valence-electron chi connectivity index (χ2n) is 3.72. The highest BCUT2D eigenvalue weighted by Crippen LogP contribution is 2.27. The molecule has 0 unspecified atom stereocenters. The summed E-state index contributed by atoms with van der Waals surface area (Å²) in [6, 6.07) is 4.26. The van der Waals surface area contributed by atoms with Crippen molar-refractivity contribution in [3.05, 3.63) is 22.7 Å². The van der Waals surface area contributed by atoms with Crippen molar-refractivity contribution in [2.75, 3.05) is 26.5 Å². The number of methoxy groups -OCH3 is 1. The summed E-state index contributed by atoms with van der Waals surface area (Å²) >= 11 is 3.19. The number of ether oxygens (including phenoxy) is 1. The summed E-state index contributed by atoms with van der Waals surface area (Å²) < 4.78 is 56.1. The summed E-state index contributed by atoms with van der Waals surface area (Å²) in [5.41, 5.74) is 0. The van der Waals surface area contributed by atoms with E-state index in [1.165, 1.54) is 32.4 Å². The lowest BCUT2D eigenvalue weighted by molar-refractivity contribution is 0.411. The summed E-state index contributed by atoms with van der Waals surface area (Å²) in [5, 5.41) is 0. The number of hydrogen-bond donors (Lipinski definition) is 2. The minimum Gasteiger partial charge on any atom is -0.496 e. The van der Waals surface area contributed by atoms with Crippen molar-refractivity contribution >= 4 is 36.0 Å². The fourth-order valence-electron chi connectivity index (χ4n) is 1.31. The molecule has 0 spiro atoms. The third kappa shape index (κ3) is 4.70. The molecule has 114 valence electrons. The molecule has 0 aliphatic rings. The second kappa shape index (κ2) is 6.85. The number of hydrogen-bond acceptors (Lipinski definition) is 5. The van der Waals surface area contributed by atoms with E-state index in [9.17, 15) is 16.8 Å². The van der Waals surface area contributed by atoms with Crippen molar-refractivity contribution in [3.8, 4) is 5.75 Å². The standard InChI is InChI=1S/C10H15BrN2O5S2/c1-12-19(14,15)6-5-13-20(16,17)8-3-4-10(18-2)9(11)7-8/h3-4,7,12-13H,5-6H2,1-2H3. The summed E-state index contributed by atoms with van der Waals surface area (Å²) in [5.74, 6) is 0.168. The van der Waals surface area contributed by atoms with Gasteiger partial charge in [-0.15, -0.1) is 0 Å². The minimum atomic E-state index is -3.77. The summed E-state index contributed by atoms with van der Waals surface area (Å²) in [4.78, 5) is 0.0204. The Morgan fingerprint density at radius 2 is 1.90 bits per heavy atom. The van der Waals surface area contributed by atoms with E-state index in [1.807, 2.05) is 0 Å². The van der Waals surface area contributed by atoms with Crippen molar-refractivity contribution in [1.82, 2.24) is 9.44 Å². The molecule has 0 amide bonds. The smallest absolute Gasteiger partial charge is 0.240 e. The van der Waals surface area contributed by atoms with E-state index < -0.39 is 20.0 Å². The van der Waals surface area contributed by atoms with E-state index in [1.54, 1.807) is 0 Å². The second-order valence-corrected chi connectivity index (χ2v) is 8.38. The molecule has 0 saturated carbocycles. The quantitative estimate of drug-likeness (QED) is 0.700. The predicted octanol–water partition coefficient (Wildman–Crippen LogP) is 0.285. The molecular weight excluding hydrogens is 372 g/mol. The van der Waals surface area contributed by atoms with Crippen LogP contribution in [0.1, 0.15) is 0 Å². The first-order valence-corrected chi connectivity index (χ1v) is 9.39. The number of benzene rings is 1. The van der Waals surface area contributed by atoms with Crippen LogP contribution in [0.25, 0.3) is 0 Å². The van der Waals surface area contributed by atoms with Gasteiger partial charge in [0, 0.05) is 6.54 Å². The van der Waals surface area contributed by atoms with Crippen LogP contribution < -0.4 is 14.2 Å². The van der Waals surface area contributed by atoms with Gasteiger partial charge in [0.15, 0.2) is 0 Å². The van der Waals surface area contributed by atoms with Crippen LogP contribution in [0.4, 0.5) is 0 Å².